The normalized spacial score (nSPS) is 18.7. The summed E-state index contributed by atoms with van der Waals surface area (Å²) < 4.78 is 35.7. The smallest absolute Gasteiger partial charge is 0.335 e. The van der Waals surface area contributed by atoms with Crippen LogP contribution in [0.15, 0.2) is 12.1 Å². The molecule has 0 unspecified atom stereocenters. The topological polar surface area (TPSA) is 109 Å². The molecule has 1 heterocycles. The second-order valence-electron chi connectivity index (χ2n) is 7.12. The van der Waals surface area contributed by atoms with Crippen LogP contribution in [0.1, 0.15) is 23.7 Å². The molecule has 0 amide bonds. The largest absolute Gasteiger partial charge is 0.478 e. The zero-order valence-electron chi connectivity index (χ0n) is 16.8. The first kappa shape index (κ1) is 22.4. The van der Waals surface area contributed by atoms with Gasteiger partial charge in [0.15, 0.2) is 0 Å². The van der Waals surface area contributed by atoms with Crippen molar-refractivity contribution in [3.8, 4) is 0 Å². The summed E-state index contributed by atoms with van der Waals surface area (Å²) in [6.45, 7) is 4.08. The molecule has 1 aliphatic rings. The van der Waals surface area contributed by atoms with Crippen LogP contribution in [0.4, 0.5) is 11.6 Å². The van der Waals surface area contributed by atoms with Gasteiger partial charge in [0.05, 0.1) is 31.6 Å². The minimum absolute atomic E-state index is 0.0164. The predicted octanol–water partition coefficient (Wildman–Crippen LogP) is 1.30. The van der Waals surface area contributed by atoms with E-state index in [1.54, 1.807) is 7.11 Å². The predicted molar refractivity (Wildman–Crippen MR) is 107 cm³/mol. The van der Waals surface area contributed by atoms with Crippen LogP contribution in [-0.2, 0) is 19.5 Å². The van der Waals surface area contributed by atoms with Gasteiger partial charge in [-0.3, -0.25) is 4.31 Å². The first-order valence-electron chi connectivity index (χ1n) is 9.13. The molecule has 1 aliphatic carbocycles. The van der Waals surface area contributed by atoms with E-state index in [-0.39, 0.29) is 24.5 Å². The molecular formula is C18H29N3O6S. The van der Waals surface area contributed by atoms with Gasteiger partial charge in [0, 0.05) is 27.3 Å². The first-order valence-corrected chi connectivity index (χ1v) is 11.0. The number of aromatic carboxylic acids is 1. The second kappa shape index (κ2) is 9.53. The average Bonchev–Trinajstić information content (AvgIpc) is 3.32. The van der Waals surface area contributed by atoms with E-state index in [1.807, 2.05) is 4.90 Å². The standard InChI is InChI=1S/C18H29N3O6S/c1-13-9-15(13)12-20(5-7-26-2)16-10-14(18(22)23)11-17(19-16)21(6-8-27-3)28(4,24)25/h10-11,13,15H,5-9,12H2,1-4H3,(H,22,23)/t13-,15+/m1/s1. The van der Waals surface area contributed by atoms with Crippen LogP contribution in [0, 0.1) is 11.8 Å². The molecule has 1 N–H and O–H groups in total. The van der Waals surface area contributed by atoms with Crippen molar-refractivity contribution in [3.05, 3.63) is 17.7 Å². The van der Waals surface area contributed by atoms with Gasteiger partial charge in [0.1, 0.15) is 11.6 Å². The summed E-state index contributed by atoms with van der Waals surface area (Å²) in [5.41, 5.74) is -0.0164. The van der Waals surface area contributed by atoms with E-state index in [1.165, 1.54) is 19.2 Å². The molecule has 10 heteroatoms. The maximum Gasteiger partial charge on any atom is 0.335 e. The van der Waals surface area contributed by atoms with E-state index in [0.717, 1.165) is 23.5 Å². The van der Waals surface area contributed by atoms with E-state index in [0.29, 0.717) is 30.8 Å². The molecular weight excluding hydrogens is 386 g/mol. The Morgan fingerprint density at radius 2 is 1.79 bits per heavy atom. The number of hydrogen-bond acceptors (Lipinski definition) is 7. The number of sulfonamides is 1. The Hall–Kier alpha value is -1.91. The van der Waals surface area contributed by atoms with Crippen LogP contribution in [0.3, 0.4) is 0 Å². The van der Waals surface area contributed by atoms with Gasteiger partial charge in [-0.15, -0.1) is 0 Å². The number of aromatic nitrogens is 1. The Balaban J connectivity index is 2.45. The maximum atomic E-state index is 12.3. The highest BCUT2D eigenvalue weighted by Gasteiger charge is 2.34. The molecule has 1 fully saturated rings. The minimum Gasteiger partial charge on any atom is -0.478 e. The highest BCUT2D eigenvalue weighted by molar-refractivity contribution is 7.92. The third-order valence-electron chi connectivity index (χ3n) is 4.82. The third-order valence-corrected chi connectivity index (χ3v) is 5.99. The molecule has 0 radical (unpaired) electrons. The van der Waals surface area contributed by atoms with Crippen molar-refractivity contribution in [1.29, 1.82) is 0 Å². The van der Waals surface area contributed by atoms with Gasteiger partial charge in [0.2, 0.25) is 10.0 Å². The lowest BCUT2D eigenvalue weighted by atomic mass is 10.2. The Morgan fingerprint density at radius 1 is 1.21 bits per heavy atom. The molecule has 158 valence electrons. The van der Waals surface area contributed by atoms with Crippen LogP contribution in [0.2, 0.25) is 0 Å². The van der Waals surface area contributed by atoms with Gasteiger partial charge in [0.25, 0.3) is 0 Å². The summed E-state index contributed by atoms with van der Waals surface area (Å²) in [4.78, 5) is 18.1. The second-order valence-corrected chi connectivity index (χ2v) is 9.02. The number of nitrogens with zero attached hydrogens (tertiary/aromatic N) is 3. The monoisotopic (exact) mass is 415 g/mol. The summed E-state index contributed by atoms with van der Waals surface area (Å²) in [7, 11) is -0.591. The molecule has 0 spiro atoms. The van der Waals surface area contributed by atoms with Gasteiger partial charge in [-0.2, -0.15) is 0 Å². The van der Waals surface area contributed by atoms with Crippen molar-refractivity contribution in [2.24, 2.45) is 11.8 Å². The van der Waals surface area contributed by atoms with Crippen molar-refractivity contribution in [1.82, 2.24) is 4.98 Å². The summed E-state index contributed by atoms with van der Waals surface area (Å²) in [5, 5.41) is 9.52. The van der Waals surface area contributed by atoms with Gasteiger partial charge < -0.3 is 19.5 Å². The molecule has 9 nitrogen and oxygen atoms in total. The average molecular weight is 416 g/mol. The van der Waals surface area contributed by atoms with Gasteiger partial charge >= 0.3 is 5.97 Å². The van der Waals surface area contributed by atoms with Crippen molar-refractivity contribution in [3.63, 3.8) is 0 Å². The number of carboxylic acids is 1. The quantitative estimate of drug-likeness (QED) is 0.544. The number of hydrogen-bond donors (Lipinski definition) is 1. The van der Waals surface area contributed by atoms with Crippen LogP contribution in [0.5, 0.6) is 0 Å². The highest BCUT2D eigenvalue weighted by atomic mass is 32.2. The first-order chi connectivity index (χ1) is 13.2. The van der Waals surface area contributed by atoms with Gasteiger partial charge in [-0.05, 0) is 30.4 Å². The fourth-order valence-corrected chi connectivity index (χ4v) is 3.82. The van der Waals surface area contributed by atoms with Crippen molar-refractivity contribution in [2.75, 3.05) is 62.5 Å². The number of anilines is 2. The zero-order chi connectivity index (χ0) is 20.9. The van der Waals surface area contributed by atoms with Crippen LogP contribution >= 0.6 is 0 Å². The molecule has 0 bridgehead atoms. The number of carboxylic acid groups (broad SMARTS) is 1. The maximum absolute atomic E-state index is 12.3. The lowest BCUT2D eigenvalue weighted by Crippen LogP contribution is -2.35. The van der Waals surface area contributed by atoms with Gasteiger partial charge in [-0.25, -0.2) is 18.2 Å². The molecule has 0 saturated heterocycles. The summed E-state index contributed by atoms with van der Waals surface area (Å²) in [5.74, 6) is 0.478. The summed E-state index contributed by atoms with van der Waals surface area (Å²) in [6, 6.07) is 2.75. The highest BCUT2D eigenvalue weighted by Crippen LogP contribution is 2.39. The molecule has 2 atom stereocenters. The Kier molecular flexibility index (Phi) is 7.62. The third kappa shape index (κ3) is 6.05. The fourth-order valence-electron chi connectivity index (χ4n) is 2.98. The number of pyridine rings is 1. The molecule has 1 aromatic rings. The molecule has 1 aromatic heterocycles. The molecule has 2 rings (SSSR count). The molecule has 1 saturated carbocycles. The van der Waals surface area contributed by atoms with E-state index in [2.05, 4.69) is 11.9 Å². The van der Waals surface area contributed by atoms with E-state index in [4.69, 9.17) is 9.47 Å². The Labute approximate surface area is 166 Å². The van der Waals surface area contributed by atoms with Crippen LogP contribution < -0.4 is 9.21 Å². The fraction of sp³-hybridized carbons (Fsp3) is 0.667. The number of ether oxygens (including phenoxy) is 2. The van der Waals surface area contributed by atoms with Crippen molar-refractivity contribution < 1.29 is 27.8 Å². The number of methoxy groups -OCH3 is 2. The minimum atomic E-state index is -3.66. The Bertz CT molecular complexity index is 786. The van der Waals surface area contributed by atoms with E-state index in [9.17, 15) is 18.3 Å². The van der Waals surface area contributed by atoms with Gasteiger partial charge in [-0.1, -0.05) is 6.92 Å². The summed E-state index contributed by atoms with van der Waals surface area (Å²) in [6.07, 6.45) is 2.17. The molecule has 28 heavy (non-hydrogen) atoms. The Morgan fingerprint density at radius 3 is 2.29 bits per heavy atom. The summed E-state index contributed by atoms with van der Waals surface area (Å²) >= 11 is 0. The molecule has 0 aliphatic heterocycles. The van der Waals surface area contributed by atoms with Crippen LogP contribution in [0.25, 0.3) is 0 Å². The SMILES string of the molecule is COCCN(C[C@@H]1C[C@H]1C)c1cc(C(=O)O)cc(N(CCOC)S(C)(=O)=O)n1. The number of rotatable bonds is 12. The van der Waals surface area contributed by atoms with Crippen molar-refractivity contribution >= 4 is 27.6 Å². The number of carbonyl (C=O) groups is 1. The molecule has 0 aromatic carbocycles. The van der Waals surface area contributed by atoms with Crippen molar-refractivity contribution in [2.45, 2.75) is 13.3 Å². The van der Waals surface area contributed by atoms with Crippen LogP contribution in [-0.4, -0.2) is 77.8 Å². The van der Waals surface area contributed by atoms with E-state index >= 15 is 0 Å². The van der Waals surface area contributed by atoms with E-state index < -0.39 is 16.0 Å². The lowest BCUT2D eigenvalue weighted by Gasteiger charge is -2.27. The zero-order valence-corrected chi connectivity index (χ0v) is 17.6. The lowest BCUT2D eigenvalue weighted by molar-refractivity contribution is 0.0696.